The van der Waals surface area contributed by atoms with Gasteiger partial charge in [0, 0.05) is 6.42 Å². The normalized spacial score (nSPS) is 13.9. The van der Waals surface area contributed by atoms with Crippen LogP contribution in [0.15, 0.2) is 60.7 Å². The molecule has 0 unspecified atom stereocenters. The largest absolute Gasteiger partial charge is 0.465 e. The molecule has 2 aromatic carbocycles. The van der Waals surface area contributed by atoms with Gasteiger partial charge in [-0.15, -0.1) is 0 Å². The van der Waals surface area contributed by atoms with Gasteiger partial charge in [-0.25, -0.2) is 4.79 Å². The molecule has 0 aliphatic heterocycles. The minimum absolute atomic E-state index is 0.251. The molecule has 3 atom stereocenters. The fraction of sp³-hybridized carbons (Fsp3) is 0.464. The third kappa shape index (κ3) is 10.3. The number of amides is 1. The maximum atomic E-state index is 13.1. The van der Waals surface area contributed by atoms with E-state index in [1.807, 2.05) is 60.7 Å². The smallest absolute Gasteiger partial charge is 0.329 e. The van der Waals surface area contributed by atoms with Crippen molar-refractivity contribution in [2.24, 2.45) is 0 Å². The quantitative estimate of drug-likeness (QED) is 0.449. The summed E-state index contributed by atoms with van der Waals surface area (Å²) >= 11 is 0. The number of carbonyl (C=O) groups is 3. The van der Waals surface area contributed by atoms with E-state index in [4.69, 9.17) is 9.47 Å². The predicted octanol–water partition coefficient (Wildman–Crippen LogP) is 3.60. The second-order valence-electron chi connectivity index (χ2n) is 9.50. The average Bonchev–Trinajstić information content (AvgIpc) is 2.81. The predicted molar refractivity (Wildman–Crippen MR) is 136 cm³/mol. The van der Waals surface area contributed by atoms with Crippen LogP contribution in [0.25, 0.3) is 0 Å². The Morgan fingerprint density at radius 1 is 0.857 bits per heavy atom. The molecular weight excluding hydrogens is 444 g/mol. The minimum atomic E-state index is -0.862. The van der Waals surface area contributed by atoms with Gasteiger partial charge in [0.1, 0.15) is 17.7 Å². The lowest BCUT2D eigenvalue weighted by molar-refractivity contribution is -0.159. The fourth-order valence-electron chi connectivity index (χ4n) is 3.56. The molecule has 0 aliphatic carbocycles. The Bertz CT molecular complexity index is 941. The Morgan fingerprint density at radius 2 is 1.43 bits per heavy atom. The number of hydrogen-bond donors (Lipinski definition) is 2. The summed E-state index contributed by atoms with van der Waals surface area (Å²) in [5.41, 5.74) is 1.30. The van der Waals surface area contributed by atoms with Crippen molar-refractivity contribution in [2.45, 2.75) is 77.6 Å². The molecule has 2 aromatic rings. The Morgan fingerprint density at radius 3 is 1.97 bits per heavy atom. The van der Waals surface area contributed by atoms with E-state index in [1.165, 1.54) is 0 Å². The van der Waals surface area contributed by atoms with Crippen molar-refractivity contribution >= 4 is 17.8 Å². The molecule has 1 amide bonds. The molecular formula is C28H38N2O5. The van der Waals surface area contributed by atoms with Gasteiger partial charge in [0.15, 0.2) is 0 Å². The molecule has 190 valence electrons. The van der Waals surface area contributed by atoms with E-state index >= 15 is 0 Å². The summed E-state index contributed by atoms with van der Waals surface area (Å²) in [6.45, 7) is 9.02. The van der Waals surface area contributed by atoms with E-state index in [0.29, 0.717) is 19.3 Å². The molecule has 0 saturated carbocycles. The number of carbonyl (C=O) groups excluding carboxylic acids is 3. The van der Waals surface area contributed by atoms with Gasteiger partial charge < -0.3 is 14.8 Å². The van der Waals surface area contributed by atoms with Gasteiger partial charge in [-0.05, 0) is 58.6 Å². The van der Waals surface area contributed by atoms with Gasteiger partial charge in [-0.1, -0.05) is 60.7 Å². The molecule has 2 rings (SSSR count). The van der Waals surface area contributed by atoms with Crippen molar-refractivity contribution < 1.29 is 23.9 Å². The first kappa shape index (κ1) is 28.1. The third-order valence-electron chi connectivity index (χ3n) is 5.27. The fourth-order valence-corrected chi connectivity index (χ4v) is 3.56. The molecule has 35 heavy (non-hydrogen) atoms. The van der Waals surface area contributed by atoms with Crippen molar-refractivity contribution in [3.05, 3.63) is 71.8 Å². The molecule has 0 aromatic heterocycles. The van der Waals surface area contributed by atoms with Gasteiger partial charge in [-0.2, -0.15) is 0 Å². The Kier molecular flexibility index (Phi) is 10.9. The van der Waals surface area contributed by atoms with E-state index < -0.39 is 41.6 Å². The van der Waals surface area contributed by atoms with E-state index in [2.05, 4.69) is 10.6 Å². The van der Waals surface area contributed by atoms with E-state index in [9.17, 15) is 14.4 Å². The van der Waals surface area contributed by atoms with Crippen molar-refractivity contribution in [1.82, 2.24) is 10.6 Å². The average molecular weight is 483 g/mol. The first-order chi connectivity index (χ1) is 16.6. The summed E-state index contributed by atoms with van der Waals surface area (Å²) in [5, 5.41) is 5.90. The zero-order chi connectivity index (χ0) is 25.8. The van der Waals surface area contributed by atoms with E-state index in [1.54, 1.807) is 34.6 Å². The number of rotatable bonds is 12. The van der Waals surface area contributed by atoms with Gasteiger partial charge in [0.2, 0.25) is 5.91 Å². The van der Waals surface area contributed by atoms with Crippen LogP contribution in [0.4, 0.5) is 0 Å². The number of ether oxygens (including phenoxy) is 2. The van der Waals surface area contributed by atoms with Gasteiger partial charge in [-0.3, -0.25) is 14.9 Å². The molecule has 2 N–H and O–H groups in total. The standard InChI is InChI=1S/C28H38N2O5/c1-6-34-26(32)23(18-17-21-13-9-7-10-14-21)29-20(2)25(31)30-24(27(33)35-28(3,4)5)19-22-15-11-8-12-16-22/h7-16,20,23-24,29H,6,17-19H2,1-5H3,(H,30,31)/t20-,23-,24-/m0/s1. The SMILES string of the molecule is CCOC(=O)[C@H](CCc1ccccc1)N[C@@H](C)C(=O)N[C@@H](Cc1ccccc1)C(=O)OC(C)(C)C. The zero-order valence-corrected chi connectivity index (χ0v) is 21.4. The molecule has 0 bridgehead atoms. The minimum Gasteiger partial charge on any atom is -0.465 e. The van der Waals surface area contributed by atoms with Crippen LogP contribution in [0, 0.1) is 0 Å². The Labute approximate surface area is 208 Å². The van der Waals surface area contributed by atoms with Crippen LogP contribution in [0.5, 0.6) is 0 Å². The number of benzene rings is 2. The summed E-state index contributed by atoms with van der Waals surface area (Å²) < 4.78 is 10.8. The van der Waals surface area contributed by atoms with Crippen LogP contribution < -0.4 is 10.6 Å². The Hall–Kier alpha value is -3.19. The maximum Gasteiger partial charge on any atom is 0.329 e. The number of nitrogens with one attached hydrogen (secondary N) is 2. The number of esters is 2. The highest BCUT2D eigenvalue weighted by Crippen LogP contribution is 2.12. The number of hydrogen-bond acceptors (Lipinski definition) is 6. The zero-order valence-electron chi connectivity index (χ0n) is 21.4. The lowest BCUT2D eigenvalue weighted by Gasteiger charge is -2.27. The van der Waals surface area contributed by atoms with Gasteiger partial charge in [0.25, 0.3) is 0 Å². The van der Waals surface area contributed by atoms with E-state index in [-0.39, 0.29) is 6.61 Å². The second kappa shape index (κ2) is 13.6. The highest BCUT2D eigenvalue weighted by atomic mass is 16.6. The molecule has 0 aliphatic rings. The van der Waals surface area contributed by atoms with Gasteiger partial charge in [0.05, 0.1) is 12.6 Å². The van der Waals surface area contributed by atoms with Gasteiger partial charge >= 0.3 is 11.9 Å². The lowest BCUT2D eigenvalue weighted by atomic mass is 10.0. The highest BCUT2D eigenvalue weighted by Gasteiger charge is 2.30. The summed E-state index contributed by atoms with van der Waals surface area (Å²) in [6, 6.07) is 17.0. The Balaban J connectivity index is 2.08. The topological polar surface area (TPSA) is 93.7 Å². The van der Waals surface area contributed by atoms with E-state index in [0.717, 1.165) is 11.1 Å². The number of aryl methyl sites for hydroxylation is 1. The highest BCUT2D eigenvalue weighted by molar-refractivity contribution is 5.88. The molecule has 7 heteroatoms. The molecule has 0 fully saturated rings. The molecule has 0 radical (unpaired) electrons. The van der Waals surface area contributed by atoms with Crippen molar-refractivity contribution in [3.8, 4) is 0 Å². The van der Waals surface area contributed by atoms with Crippen LogP contribution in [-0.2, 0) is 36.7 Å². The molecule has 0 spiro atoms. The van der Waals surface area contributed by atoms with Crippen molar-refractivity contribution in [2.75, 3.05) is 6.61 Å². The maximum absolute atomic E-state index is 13.1. The molecule has 7 nitrogen and oxygen atoms in total. The van der Waals surface area contributed by atoms with Crippen molar-refractivity contribution in [3.63, 3.8) is 0 Å². The lowest BCUT2D eigenvalue weighted by Crippen LogP contribution is -2.54. The molecule has 0 heterocycles. The third-order valence-corrected chi connectivity index (χ3v) is 5.27. The first-order valence-electron chi connectivity index (χ1n) is 12.1. The molecule has 0 saturated heterocycles. The summed E-state index contributed by atoms with van der Waals surface area (Å²) in [6.07, 6.45) is 1.42. The van der Waals surface area contributed by atoms with Crippen LogP contribution in [0.1, 0.15) is 52.2 Å². The monoisotopic (exact) mass is 482 g/mol. The summed E-state index contributed by atoms with van der Waals surface area (Å²) in [7, 11) is 0. The first-order valence-corrected chi connectivity index (χ1v) is 12.1. The van der Waals surface area contributed by atoms with Crippen LogP contribution in [0.2, 0.25) is 0 Å². The summed E-state index contributed by atoms with van der Waals surface area (Å²) in [5.74, 6) is -1.31. The van der Waals surface area contributed by atoms with Crippen LogP contribution >= 0.6 is 0 Å². The van der Waals surface area contributed by atoms with Crippen LogP contribution in [0.3, 0.4) is 0 Å². The van der Waals surface area contributed by atoms with Crippen molar-refractivity contribution in [1.29, 1.82) is 0 Å². The van der Waals surface area contributed by atoms with Crippen LogP contribution in [-0.4, -0.2) is 48.2 Å². The summed E-state index contributed by atoms with van der Waals surface area (Å²) in [4.78, 5) is 38.5. The second-order valence-corrected chi connectivity index (χ2v) is 9.50.